The molecule has 0 heterocycles. The third kappa shape index (κ3) is 4.90. The summed E-state index contributed by atoms with van der Waals surface area (Å²) in [5.41, 5.74) is 2.74. The third-order valence-corrected chi connectivity index (χ3v) is 4.07. The van der Waals surface area contributed by atoms with Crippen LogP contribution < -0.4 is 0 Å². The van der Waals surface area contributed by atoms with Crippen LogP contribution in [0.5, 0.6) is 0 Å². The summed E-state index contributed by atoms with van der Waals surface area (Å²) in [4.78, 5) is 17.4. The van der Waals surface area contributed by atoms with Crippen LogP contribution in [-0.4, -0.2) is 24.3 Å². The van der Waals surface area contributed by atoms with Crippen molar-refractivity contribution in [1.82, 2.24) is 0 Å². The molecule has 2 rings (SSSR count). The normalized spacial score (nSPS) is 12.7. The maximum atomic E-state index is 12.5. The molecule has 0 aliphatic rings. The average Bonchev–Trinajstić information content (AvgIpc) is 2.66. The summed E-state index contributed by atoms with van der Waals surface area (Å²) in [6, 6.07) is 19.2. The fraction of sp³-hybridized carbons (Fsp3) is 0.273. The van der Waals surface area contributed by atoms with E-state index >= 15 is 0 Å². The number of rotatable bonds is 8. The number of nitrogens with zero attached hydrogens (tertiary/aromatic N) is 1. The number of ether oxygens (including phenoxy) is 1. The Bertz CT molecular complexity index is 666. The summed E-state index contributed by atoms with van der Waals surface area (Å²) >= 11 is 0. The predicted molar refractivity (Wildman–Crippen MR) is 103 cm³/mol. The van der Waals surface area contributed by atoms with Crippen molar-refractivity contribution in [3.8, 4) is 0 Å². The summed E-state index contributed by atoms with van der Waals surface area (Å²) in [7, 11) is 0. The van der Waals surface area contributed by atoms with Gasteiger partial charge in [-0.05, 0) is 13.3 Å². The summed E-state index contributed by atoms with van der Waals surface area (Å²) in [6.07, 6.45) is 2.56. The van der Waals surface area contributed by atoms with Gasteiger partial charge in [-0.25, -0.2) is 4.79 Å². The van der Waals surface area contributed by atoms with Gasteiger partial charge in [-0.2, -0.15) is 0 Å². The molecule has 130 valence electrons. The number of carbonyl (C=O) groups is 1. The second-order valence-corrected chi connectivity index (χ2v) is 5.71. The molecule has 3 heteroatoms. The summed E-state index contributed by atoms with van der Waals surface area (Å²) in [5, 5.41) is 0. The van der Waals surface area contributed by atoms with E-state index < -0.39 is 6.04 Å². The Morgan fingerprint density at radius 3 is 1.96 bits per heavy atom. The van der Waals surface area contributed by atoms with E-state index in [4.69, 9.17) is 9.73 Å². The van der Waals surface area contributed by atoms with Crippen molar-refractivity contribution in [2.24, 2.45) is 10.9 Å². The molecule has 0 N–H and O–H groups in total. The van der Waals surface area contributed by atoms with E-state index in [0.717, 1.165) is 23.3 Å². The Balaban J connectivity index is 2.55. The average molecular weight is 335 g/mol. The minimum Gasteiger partial charge on any atom is -0.464 e. The van der Waals surface area contributed by atoms with Gasteiger partial charge in [-0.1, -0.05) is 73.7 Å². The number of esters is 1. The van der Waals surface area contributed by atoms with Crippen molar-refractivity contribution in [3.05, 3.63) is 84.4 Å². The zero-order valence-corrected chi connectivity index (χ0v) is 14.9. The monoisotopic (exact) mass is 335 g/mol. The minimum atomic E-state index is -0.599. The van der Waals surface area contributed by atoms with Gasteiger partial charge in [0, 0.05) is 17.0 Å². The van der Waals surface area contributed by atoms with Gasteiger partial charge in [0.05, 0.1) is 12.3 Å². The van der Waals surface area contributed by atoms with E-state index in [2.05, 4.69) is 6.58 Å². The zero-order valence-electron chi connectivity index (χ0n) is 14.9. The molecule has 3 nitrogen and oxygen atoms in total. The Kier molecular flexibility index (Phi) is 7.15. The lowest BCUT2D eigenvalue weighted by Gasteiger charge is -2.20. The molecule has 2 aromatic rings. The molecule has 25 heavy (non-hydrogen) atoms. The van der Waals surface area contributed by atoms with Crippen LogP contribution in [0, 0.1) is 5.92 Å². The van der Waals surface area contributed by atoms with E-state index in [0.29, 0.717) is 6.61 Å². The van der Waals surface area contributed by atoms with Crippen LogP contribution >= 0.6 is 0 Å². The van der Waals surface area contributed by atoms with E-state index in [1.165, 1.54) is 0 Å². The van der Waals surface area contributed by atoms with Gasteiger partial charge in [0.1, 0.15) is 0 Å². The van der Waals surface area contributed by atoms with Crippen molar-refractivity contribution >= 4 is 11.7 Å². The molecular formula is C22H25NO2. The van der Waals surface area contributed by atoms with Gasteiger partial charge >= 0.3 is 5.97 Å². The van der Waals surface area contributed by atoms with Crippen molar-refractivity contribution in [3.63, 3.8) is 0 Å². The molecule has 0 fully saturated rings. The first-order chi connectivity index (χ1) is 12.2. The quantitative estimate of drug-likeness (QED) is 0.399. The van der Waals surface area contributed by atoms with Crippen molar-refractivity contribution in [2.75, 3.05) is 6.61 Å². The number of benzene rings is 2. The van der Waals surface area contributed by atoms with Gasteiger partial charge < -0.3 is 4.74 Å². The van der Waals surface area contributed by atoms with Crippen LogP contribution in [0.4, 0.5) is 0 Å². The second kappa shape index (κ2) is 9.58. The Labute approximate surface area is 150 Å². The van der Waals surface area contributed by atoms with Gasteiger partial charge in [0.25, 0.3) is 0 Å². The largest absolute Gasteiger partial charge is 0.464 e. The minimum absolute atomic E-state index is 0.0681. The number of hydrogen-bond acceptors (Lipinski definition) is 3. The molecule has 0 spiro atoms. The van der Waals surface area contributed by atoms with E-state index in [9.17, 15) is 4.79 Å². The van der Waals surface area contributed by atoms with Crippen molar-refractivity contribution in [2.45, 2.75) is 26.3 Å². The molecule has 0 aromatic heterocycles. The lowest BCUT2D eigenvalue weighted by Crippen LogP contribution is -2.30. The molecule has 0 amide bonds. The van der Waals surface area contributed by atoms with Crippen LogP contribution in [0.25, 0.3) is 0 Å². The van der Waals surface area contributed by atoms with Gasteiger partial charge in [-0.15, -0.1) is 6.58 Å². The lowest BCUT2D eigenvalue weighted by molar-refractivity contribution is -0.145. The third-order valence-electron chi connectivity index (χ3n) is 4.07. The summed E-state index contributed by atoms with van der Waals surface area (Å²) in [5.74, 6) is -0.375. The summed E-state index contributed by atoms with van der Waals surface area (Å²) < 4.78 is 5.27. The smallest absolute Gasteiger partial charge is 0.331 e. The molecular weight excluding hydrogens is 310 g/mol. The van der Waals surface area contributed by atoms with Gasteiger partial charge in [0.15, 0.2) is 6.04 Å². The maximum Gasteiger partial charge on any atom is 0.331 e. The zero-order chi connectivity index (χ0) is 18.1. The van der Waals surface area contributed by atoms with Crippen LogP contribution in [0.2, 0.25) is 0 Å². The second-order valence-electron chi connectivity index (χ2n) is 5.71. The number of hydrogen-bond donors (Lipinski definition) is 0. The maximum absolute atomic E-state index is 12.5. The molecule has 0 saturated carbocycles. The fourth-order valence-electron chi connectivity index (χ4n) is 2.72. The lowest BCUT2D eigenvalue weighted by atomic mass is 9.95. The molecule has 0 unspecified atom stereocenters. The van der Waals surface area contributed by atoms with Gasteiger partial charge in [-0.3, -0.25) is 4.99 Å². The van der Waals surface area contributed by atoms with Crippen LogP contribution in [-0.2, 0) is 9.53 Å². The molecule has 0 saturated heterocycles. The molecule has 0 aliphatic carbocycles. The van der Waals surface area contributed by atoms with Gasteiger partial charge in [0.2, 0.25) is 0 Å². The van der Waals surface area contributed by atoms with Crippen molar-refractivity contribution < 1.29 is 9.53 Å². The molecule has 0 aliphatic heterocycles. The highest BCUT2D eigenvalue weighted by atomic mass is 16.5. The fourth-order valence-corrected chi connectivity index (χ4v) is 2.72. The number of aliphatic imine (C=N–C) groups is 1. The number of carbonyl (C=O) groups excluding carboxylic acids is 1. The van der Waals surface area contributed by atoms with Crippen LogP contribution in [0.1, 0.15) is 31.4 Å². The molecule has 0 bridgehead atoms. The Morgan fingerprint density at radius 2 is 1.56 bits per heavy atom. The first kappa shape index (κ1) is 18.7. The van der Waals surface area contributed by atoms with E-state index in [-0.39, 0.29) is 11.9 Å². The van der Waals surface area contributed by atoms with Crippen molar-refractivity contribution in [1.29, 1.82) is 0 Å². The predicted octanol–water partition coefficient (Wildman–Crippen LogP) is 4.67. The summed E-state index contributed by atoms with van der Waals surface area (Å²) in [6.45, 7) is 8.04. The molecule has 0 radical (unpaired) electrons. The Morgan fingerprint density at radius 1 is 1.04 bits per heavy atom. The highest BCUT2D eigenvalue weighted by Gasteiger charge is 2.27. The SMILES string of the molecule is C=C[C@H](CC)[C@H](N=C(c1ccccc1)c1ccccc1)C(=O)OCC. The van der Waals surface area contributed by atoms with E-state index in [1.807, 2.05) is 74.5 Å². The first-order valence-electron chi connectivity index (χ1n) is 8.69. The van der Waals surface area contributed by atoms with Crippen LogP contribution in [0.15, 0.2) is 78.3 Å². The van der Waals surface area contributed by atoms with E-state index in [1.54, 1.807) is 6.08 Å². The highest BCUT2D eigenvalue weighted by molar-refractivity contribution is 6.13. The van der Waals surface area contributed by atoms with Crippen LogP contribution in [0.3, 0.4) is 0 Å². The molecule has 2 aromatic carbocycles. The highest BCUT2D eigenvalue weighted by Crippen LogP contribution is 2.19. The topological polar surface area (TPSA) is 38.7 Å². The first-order valence-corrected chi connectivity index (χ1v) is 8.69. The molecule has 2 atom stereocenters. The standard InChI is InChI=1S/C22H25NO2/c1-4-17(5-2)21(22(24)25-6-3)23-20(18-13-9-7-10-14-18)19-15-11-8-12-16-19/h4,7-17,21H,1,5-6H2,2-3H3/t17-,21+/m1/s1. The Hall–Kier alpha value is -2.68.